The van der Waals surface area contributed by atoms with Gasteiger partial charge in [0, 0.05) is 13.0 Å². The summed E-state index contributed by atoms with van der Waals surface area (Å²) in [5.41, 5.74) is 1.06. The highest BCUT2D eigenvalue weighted by atomic mass is 16.5. The van der Waals surface area contributed by atoms with Gasteiger partial charge in [0.2, 0.25) is 0 Å². The molecule has 0 bridgehead atoms. The van der Waals surface area contributed by atoms with Crippen molar-refractivity contribution < 1.29 is 14.6 Å². The van der Waals surface area contributed by atoms with E-state index in [1.165, 1.54) is 0 Å². The van der Waals surface area contributed by atoms with Gasteiger partial charge in [-0.15, -0.1) is 0 Å². The third kappa shape index (κ3) is 2.33. The zero-order valence-electron chi connectivity index (χ0n) is 9.14. The topological polar surface area (TPSA) is 58.6 Å². The van der Waals surface area contributed by atoms with Gasteiger partial charge in [-0.1, -0.05) is 18.2 Å². The van der Waals surface area contributed by atoms with Crippen molar-refractivity contribution in [1.29, 1.82) is 0 Å². The molecule has 0 aliphatic carbocycles. The lowest BCUT2D eigenvalue weighted by atomic mass is 10.1. The third-order valence-corrected chi connectivity index (χ3v) is 2.51. The molecule has 2 N–H and O–H groups in total. The van der Waals surface area contributed by atoms with Crippen LogP contribution in [0.25, 0.3) is 0 Å². The summed E-state index contributed by atoms with van der Waals surface area (Å²) in [7, 11) is 0. The zero-order valence-corrected chi connectivity index (χ0v) is 9.14. The van der Waals surface area contributed by atoms with Crippen LogP contribution in [0.15, 0.2) is 24.3 Å². The molecule has 1 aromatic rings. The fourth-order valence-electron chi connectivity index (χ4n) is 1.69. The molecule has 1 heterocycles. The lowest BCUT2D eigenvalue weighted by Crippen LogP contribution is -2.40. The maximum absolute atomic E-state index is 11.7. The molecule has 1 aliphatic heterocycles. The Morgan fingerprint density at radius 3 is 3.06 bits per heavy atom. The minimum absolute atomic E-state index is 0.169. The van der Waals surface area contributed by atoms with E-state index in [9.17, 15) is 4.79 Å². The average molecular weight is 221 g/mol. The Kier molecular flexibility index (Phi) is 3.10. The Hall–Kier alpha value is -1.55. The number of amides is 1. The highest BCUT2D eigenvalue weighted by Gasteiger charge is 2.28. The fraction of sp³-hybridized carbons (Fsp3) is 0.417. The van der Waals surface area contributed by atoms with Gasteiger partial charge < -0.3 is 15.2 Å². The second-order valence-electron chi connectivity index (χ2n) is 4.01. The third-order valence-electron chi connectivity index (χ3n) is 2.51. The van der Waals surface area contributed by atoms with Crippen LogP contribution in [-0.4, -0.2) is 29.8 Å². The summed E-state index contributed by atoms with van der Waals surface area (Å²) in [6.07, 6.45) is -0.397. The van der Waals surface area contributed by atoms with Crippen LogP contribution < -0.4 is 10.1 Å². The van der Waals surface area contributed by atoms with Crippen LogP contribution in [-0.2, 0) is 11.2 Å². The molecule has 0 saturated heterocycles. The molecule has 4 heteroatoms. The van der Waals surface area contributed by atoms with Crippen LogP contribution in [0.1, 0.15) is 12.5 Å². The monoisotopic (exact) mass is 221 g/mol. The number of carbonyl (C=O) groups is 1. The van der Waals surface area contributed by atoms with E-state index in [-0.39, 0.29) is 12.5 Å². The maximum atomic E-state index is 11.7. The SMILES string of the molecule is C[C@@H](O)CNC(=O)C1Cc2ccccc2O1. The van der Waals surface area contributed by atoms with Crippen LogP contribution in [0.3, 0.4) is 0 Å². The van der Waals surface area contributed by atoms with Crippen molar-refractivity contribution in [3.8, 4) is 5.75 Å². The smallest absolute Gasteiger partial charge is 0.261 e. The average Bonchev–Trinajstić information content (AvgIpc) is 2.69. The first-order chi connectivity index (χ1) is 7.66. The van der Waals surface area contributed by atoms with Gasteiger partial charge in [-0.25, -0.2) is 0 Å². The van der Waals surface area contributed by atoms with E-state index < -0.39 is 12.2 Å². The number of aliphatic hydroxyl groups is 1. The van der Waals surface area contributed by atoms with Gasteiger partial charge in [0.05, 0.1) is 6.10 Å². The van der Waals surface area contributed by atoms with Crippen LogP contribution in [0.2, 0.25) is 0 Å². The number of para-hydroxylation sites is 1. The van der Waals surface area contributed by atoms with Gasteiger partial charge in [-0.2, -0.15) is 0 Å². The first-order valence-electron chi connectivity index (χ1n) is 5.37. The van der Waals surface area contributed by atoms with Gasteiger partial charge in [0.1, 0.15) is 5.75 Å². The predicted molar refractivity (Wildman–Crippen MR) is 59.3 cm³/mol. The molecule has 1 aromatic carbocycles. The molecule has 4 nitrogen and oxygen atoms in total. The standard InChI is InChI=1S/C12H15NO3/c1-8(14)7-13-12(15)11-6-9-4-2-3-5-10(9)16-11/h2-5,8,11,14H,6-7H2,1H3,(H,13,15)/t8-,11?/m1/s1. The number of fused-ring (bicyclic) bond motifs is 1. The number of benzene rings is 1. The van der Waals surface area contributed by atoms with Crippen molar-refractivity contribution in [2.24, 2.45) is 0 Å². The summed E-state index contributed by atoms with van der Waals surface area (Å²) >= 11 is 0. The zero-order chi connectivity index (χ0) is 11.5. The predicted octanol–water partition coefficient (Wildman–Crippen LogP) is 0.487. The molecule has 1 aliphatic rings. The summed E-state index contributed by atoms with van der Waals surface area (Å²) in [6, 6.07) is 7.63. The van der Waals surface area contributed by atoms with Crippen molar-refractivity contribution in [2.75, 3.05) is 6.54 Å². The molecule has 0 spiro atoms. The first-order valence-corrected chi connectivity index (χ1v) is 5.37. The number of ether oxygens (including phenoxy) is 1. The lowest BCUT2D eigenvalue weighted by molar-refractivity contribution is -0.127. The van der Waals surface area contributed by atoms with Crippen molar-refractivity contribution in [3.63, 3.8) is 0 Å². The summed E-state index contributed by atoms with van der Waals surface area (Å²) < 4.78 is 5.51. The number of nitrogens with one attached hydrogen (secondary N) is 1. The van der Waals surface area contributed by atoms with E-state index >= 15 is 0 Å². The lowest BCUT2D eigenvalue weighted by Gasteiger charge is -2.12. The molecular formula is C12H15NO3. The molecule has 0 fully saturated rings. The Labute approximate surface area is 94.2 Å². The Morgan fingerprint density at radius 1 is 1.62 bits per heavy atom. The highest BCUT2D eigenvalue weighted by molar-refractivity contribution is 5.82. The molecule has 1 unspecified atom stereocenters. The minimum Gasteiger partial charge on any atom is -0.480 e. The second kappa shape index (κ2) is 4.53. The fourth-order valence-corrected chi connectivity index (χ4v) is 1.69. The molecule has 1 amide bonds. The first kappa shape index (κ1) is 11.0. The van der Waals surface area contributed by atoms with E-state index in [2.05, 4.69) is 5.32 Å². The molecule has 16 heavy (non-hydrogen) atoms. The largest absolute Gasteiger partial charge is 0.480 e. The van der Waals surface area contributed by atoms with Crippen LogP contribution in [0, 0.1) is 0 Å². The van der Waals surface area contributed by atoms with Crippen LogP contribution in [0.4, 0.5) is 0 Å². The van der Waals surface area contributed by atoms with Gasteiger partial charge in [-0.3, -0.25) is 4.79 Å². The normalized spacial score (nSPS) is 19.8. The van der Waals surface area contributed by atoms with Gasteiger partial charge in [-0.05, 0) is 18.6 Å². The van der Waals surface area contributed by atoms with Gasteiger partial charge in [0.15, 0.2) is 6.10 Å². The molecule has 0 saturated carbocycles. The summed E-state index contributed by atoms with van der Waals surface area (Å²) in [5, 5.41) is 11.7. The van der Waals surface area contributed by atoms with E-state index in [1.54, 1.807) is 6.92 Å². The molecular weight excluding hydrogens is 206 g/mol. The van der Waals surface area contributed by atoms with Gasteiger partial charge >= 0.3 is 0 Å². The number of hydrogen-bond acceptors (Lipinski definition) is 3. The number of rotatable bonds is 3. The number of carbonyl (C=O) groups excluding carboxylic acids is 1. The number of hydrogen-bond donors (Lipinski definition) is 2. The molecule has 2 rings (SSSR count). The van der Waals surface area contributed by atoms with E-state index in [0.717, 1.165) is 11.3 Å². The summed E-state index contributed by atoms with van der Waals surface area (Å²) in [5.74, 6) is 0.608. The van der Waals surface area contributed by atoms with Crippen molar-refractivity contribution in [1.82, 2.24) is 5.32 Å². The molecule has 0 radical (unpaired) electrons. The minimum atomic E-state index is -0.535. The highest BCUT2D eigenvalue weighted by Crippen LogP contribution is 2.27. The van der Waals surface area contributed by atoms with Crippen molar-refractivity contribution >= 4 is 5.91 Å². The van der Waals surface area contributed by atoms with Crippen molar-refractivity contribution in [2.45, 2.75) is 25.6 Å². The summed E-state index contributed by atoms with van der Waals surface area (Å²) in [6.45, 7) is 1.89. The van der Waals surface area contributed by atoms with Gasteiger partial charge in [0.25, 0.3) is 5.91 Å². The van der Waals surface area contributed by atoms with E-state index in [4.69, 9.17) is 9.84 Å². The Balaban J connectivity index is 1.93. The molecule has 86 valence electrons. The van der Waals surface area contributed by atoms with Crippen LogP contribution in [0.5, 0.6) is 5.75 Å². The second-order valence-corrected chi connectivity index (χ2v) is 4.01. The van der Waals surface area contributed by atoms with E-state index in [1.807, 2.05) is 24.3 Å². The van der Waals surface area contributed by atoms with Crippen LogP contribution >= 0.6 is 0 Å². The number of aliphatic hydroxyl groups excluding tert-OH is 1. The molecule has 2 atom stereocenters. The van der Waals surface area contributed by atoms with Crippen molar-refractivity contribution in [3.05, 3.63) is 29.8 Å². The molecule has 0 aromatic heterocycles. The summed E-state index contributed by atoms with van der Waals surface area (Å²) in [4.78, 5) is 11.7. The van der Waals surface area contributed by atoms with E-state index in [0.29, 0.717) is 6.42 Å². The Morgan fingerprint density at radius 2 is 2.38 bits per heavy atom. The quantitative estimate of drug-likeness (QED) is 0.780. The Bertz CT molecular complexity index is 365. The maximum Gasteiger partial charge on any atom is 0.261 e.